The number of nitrogens with zero attached hydrogens (tertiary/aromatic N) is 2. The zero-order chi connectivity index (χ0) is 32.5. The molecule has 0 saturated carbocycles. The number of rotatable bonds is 4. The molecular formula is C46H26N2S. The predicted octanol–water partition coefficient (Wildman–Crippen LogP) is 13.6. The van der Waals surface area contributed by atoms with Crippen LogP contribution in [0, 0.1) is 6.57 Å². The number of benzene rings is 8. The maximum absolute atomic E-state index is 7.50. The van der Waals surface area contributed by atoms with E-state index in [2.05, 4.69) is 144 Å². The van der Waals surface area contributed by atoms with E-state index in [1.165, 1.54) is 69.4 Å². The fourth-order valence-corrected chi connectivity index (χ4v) is 8.58. The number of fused-ring (bicyclic) bond motifs is 3. The van der Waals surface area contributed by atoms with Crippen LogP contribution in [-0.4, -0.2) is 4.98 Å². The summed E-state index contributed by atoms with van der Waals surface area (Å²) in [6, 6.07) is 56.4. The van der Waals surface area contributed by atoms with Crippen LogP contribution in [0.4, 0.5) is 5.69 Å². The SMILES string of the molecule is [C-]#[N+]c1ccc2sc3ccc(-c4cccc(-c5ccc6ccc7c(-c8cccc(-c9ccccc9)n8)ccc8ccc5c6c87)c4)cc3c2c1. The molecule has 226 valence electrons. The van der Waals surface area contributed by atoms with Crippen molar-refractivity contribution in [1.29, 1.82) is 0 Å². The Labute approximate surface area is 287 Å². The molecule has 0 spiro atoms. The van der Waals surface area contributed by atoms with Gasteiger partial charge in [0.05, 0.1) is 18.0 Å². The molecule has 0 amide bonds. The molecule has 0 saturated heterocycles. The zero-order valence-electron chi connectivity index (χ0n) is 26.3. The van der Waals surface area contributed by atoms with Crippen LogP contribution in [0.1, 0.15) is 0 Å². The van der Waals surface area contributed by atoms with Crippen molar-refractivity contribution in [3.63, 3.8) is 0 Å². The van der Waals surface area contributed by atoms with Gasteiger partial charge in [0.2, 0.25) is 0 Å². The third-order valence-electron chi connectivity index (χ3n) is 9.85. The molecule has 0 N–H and O–H groups in total. The van der Waals surface area contributed by atoms with E-state index in [-0.39, 0.29) is 0 Å². The molecule has 0 aliphatic heterocycles. The number of hydrogen-bond donors (Lipinski definition) is 0. The molecule has 2 heterocycles. The van der Waals surface area contributed by atoms with Gasteiger partial charge < -0.3 is 0 Å². The van der Waals surface area contributed by atoms with Gasteiger partial charge in [-0.2, -0.15) is 0 Å². The van der Waals surface area contributed by atoms with Crippen molar-refractivity contribution < 1.29 is 0 Å². The lowest BCUT2D eigenvalue weighted by Crippen LogP contribution is -1.92. The monoisotopic (exact) mass is 638 g/mol. The third-order valence-corrected chi connectivity index (χ3v) is 11.0. The Morgan fingerprint density at radius 2 is 1.04 bits per heavy atom. The van der Waals surface area contributed by atoms with Gasteiger partial charge in [0, 0.05) is 20.5 Å². The van der Waals surface area contributed by atoms with E-state index >= 15 is 0 Å². The van der Waals surface area contributed by atoms with E-state index in [0.29, 0.717) is 5.69 Å². The molecule has 0 fully saturated rings. The highest BCUT2D eigenvalue weighted by Gasteiger charge is 2.16. The highest BCUT2D eigenvalue weighted by atomic mass is 32.1. The standard InChI is InChI=1S/C46H26N2S/c1-47-34-18-24-44-40(27-34)39-26-32(17-23-43(39)49-44)31-9-5-10-33(25-31)35-19-13-29-16-22-38-36(20-14-30-15-21-37(35)45(29)46(30)38)42-12-6-11-41(48-42)28-7-3-2-4-8-28/h2-27H. The van der Waals surface area contributed by atoms with Gasteiger partial charge in [0.1, 0.15) is 0 Å². The van der Waals surface area contributed by atoms with Gasteiger partial charge in [-0.15, -0.1) is 11.3 Å². The molecule has 3 heteroatoms. The van der Waals surface area contributed by atoms with E-state index in [4.69, 9.17) is 11.6 Å². The first-order chi connectivity index (χ1) is 24.2. The van der Waals surface area contributed by atoms with Crippen LogP contribution in [0.3, 0.4) is 0 Å². The Morgan fingerprint density at radius 3 is 1.84 bits per heavy atom. The van der Waals surface area contributed by atoms with Crippen molar-refractivity contribution in [2.45, 2.75) is 0 Å². The summed E-state index contributed by atoms with van der Waals surface area (Å²) in [6.07, 6.45) is 0. The van der Waals surface area contributed by atoms with Crippen LogP contribution in [-0.2, 0) is 0 Å². The minimum absolute atomic E-state index is 0.678. The Hall–Kier alpha value is -6.34. The fourth-order valence-electron chi connectivity index (χ4n) is 7.51. The molecule has 10 rings (SSSR count). The van der Waals surface area contributed by atoms with Crippen LogP contribution < -0.4 is 0 Å². The first kappa shape index (κ1) is 27.7. The lowest BCUT2D eigenvalue weighted by molar-refractivity contribution is 1.33. The summed E-state index contributed by atoms with van der Waals surface area (Å²) >= 11 is 1.78. The van der Waals surface area contributed by atoms with Gasteiger partial charge in [-0.3, -0.25) is 0 Å². The molecule has 2 nitrogen and oxygen atoms in total. The predicted molar refractivity (Wildman–Crippen MR) is 209 cm³/mol. The molecule has 0 aliphatic rings. The van der Waals surface area contributed by atoms with Crippen molar-refractivity contribution >= 4 is 69.5 Å². The Bertz CT molecular complexity index is 2950. The average Bonchev–Trinajstić information content (AvgIpc) is 3.54. The summed E-state index contributed by atoms with van der Waals surface area (Å²) in [7, 11) is 0. The van der Waals surface area contributed by atoms with Crippen molar-refractivity contribution in [1.82, 2.24) is 4.98 Å². The summed E-state index contributed by atoms with van der Waals surface area (Å²) in [5, 5.41) is 9.88. The number of pyridine rings is 1. The zero-order valence-corrected chi connectivity index (χ0v) is 27.1. The lowest BCUT2D eigenvalue weighted by atomic mass is 9.87. The molecule has 0 radical (unpaired) electrons. The minimum atomic E-state index is 0.678. The van der Waals surface area contributed by atoms with Crippen molar-refractivity contribution in [2.24, 2.45) is 0 Å². The van der Waals surface area contributed by atoms with Gasteiger partial charge in [0.25, 0.3) is 0 Å². The maximum atomic E-state index is 7.50. The van der Waals surface area contributed by atoms with Gasteiger partial charge in [-0.25, -0.2) is 9.83 Å². The molecule has 0 atom stereocenters. The molecule has 10 aromatic rings. The third kappa shape index (κ3) is 4.43. The summed E-state index contributed by atoms with van der Waals surface area (Å²) in [5.41, 5.74) is 9.67. The molecule has 2 aromatic heterocycles. The van der Waals surface area contributed by atoms with E-state index in [0.717, 1.165) is 27.9 Å². The summed E-state index contributed by atoms with van der Waals surface area (Å²) < 4.78 is 2.45. The highest BCUT2D eigenvalue weighted by molar-refractivity contribution is 7.25. The van der Waals surface area contributed by atoms with Crippen molar-refractivity contribution in [2.75, 3.05) is 0 Å². The van der Waals surface area contributed by atoms with E-state index < -0.39 is 0 Å². The first-order valence-electron chi connectivity index (χ1n) is 16.4. The van der Waals surface area contributed by atoms with E-state index in [1.807, 2.05) is 18.2 Å². The maximum Gasteiger partial charge on any atom is 0.187 e. The molecule has 49 heavy (non-hydrogen) atoms. The van der Waals surface area contributed by atoms with Crippen LogP contribution >= 0.6 is 11.3 Å². The minimum Gasteiger partial charge on any atom is -0.248 e. The Kier molecular flexibility index (Phi) is 6.15. The van der Waals surface area contributed by atoms with Gasteiger partial charge >= 0.3 is 0 Å². The summed E-state index contributed by atoms with van der Waals surface area (Å²) in [5.74, 6) is 0. The van der Waals surface area contributed by atoms with Crippen LogP contribution in [0.5, 0.6) is 0 Å². The largest absolute Gasteiger partial charge is 0.248 e. The fraction of sp³-hybridized carbons (Fsp3) is 0. The van der Waals surface area contributed by atoms with Crippen LogP contribution in [0.2, 0.25) is 0 Å². The van der Waals surface area contributed by atoms with E-state index in [1.54, 1.807) is 11.3 Å². The smallest absolute Gasteiger partial charge is 0.187 e. The second-order valence-corrected chi connectivity index (χ2v) is 13.7. The Balaban J connectivity index is 1.12. The Morgan fingerprint density at radius 1 is 0.429 bits per heavy atom. The topological polar surface area (TPSA) is 17.2 Å². The van der Waals surface area contributed by atoms with Crippen molar-refractivity contribution in [3.05, 3.63) is 169 Å². The molecule has 8 aromatic carbocycles. The second kappa shape index (κ2) is 10.9. The van der Waals surface area contributed by atoms with Gasteiger partial charge in [0.15, 0.2) is 5.69 Å². The molecular weight excluding hydrogens is 613 g/mol. The van der Waals surface area contributed by atoms with Gasteiger partial charge in [-0.1, -0.05) is 121 Å². The van der Waals surface area contributed by atoms with Crippen LogP contribution in [0.15, 0.2) is 158 Å². The van der Waals surface area contributed by atoms with E-state index in [9.17, 15) is 0 Å². The summed E-state index contributed by atoms with van der Waals surface area (Å²) in [4.78, 5) is 8.80. The quantitative estimate of drug-likeness (QED) is 0.138. The molecule has 0 unspecified atom stereocenters. The van der Waals surface area contributed by atoms with Crippen LogP contribution in [0.25, 0.3) is 102 Å². The number of thiophene rings is 1. The normalized spacial score (nSPS) is 11.7. The molecule has 0 aliphatic carbocycles. The summed E-state index contributed by atoms with van der Waals surface area (Å²) in [6.45, 7) is 7.50. The average molecular weight is 639 g/mol. The van der Waals surface area contributed by atoms with Gasteiger partial charge in [-0.05, 0) is 102 Å². The second-order valence-electron chi connectivity index (χ2n) is 12.6. The van der Waals surface area contributed by atoms with Crippen molar-refractivity contribution in [3.8, 4) is 44.8 Å². The first-order valence-corrected chi connectivity index (χ1v) is 17.2. The highest BCUT2D eigenvalue weighted by Crippen LogP contribution is 2.43. The number of hydrogen-bond acceptors (Lipinski definition) is 2. The number of aromatic nitrogens is 1. The molecule has 0 bridgehead atoms. The lowest BCUT2D eigenvalue weighted by Gasteiger charge is -2.17.